The fourth-order valence-electron chi connectivity index (χ4n) is 2.33. The van der Waals surface area contributed by atoms with Crippen LogP contribution in [0.15, 0.2) is 36.7 Å². The summed E-state index contributed by atoms with van der Waals surface area (Å²) in [5, 5.41) is 10.8. The maximum Gasteiger partial charge on any atom is 0.433 e. The zero-order chi connectivity index (χ0) is 15.1. The van der Waals surface area contributed by atoms with Crippen molar-refractivity contribution >= 4 is 0 Å². The van der Waals surface area contributed by atoms with Gasteiger partial charge in [-0.05, 0) is 18.2 Å². The molecular weight excluding hydrogens is 285 g/mol. The first-order valence-corrected chi connectivity index (χ1v) is 6.26. The molecule has 0 aliphatic carbocycles. The number of aliphatic hydroxyl groups is 1. The number of halogens is 3. The minimum absolute atomic E-state index is 0.198. The summed E-state index contributed by atoms with van der Waals surface area (Å²) in [4.78, 5) is 7.48. The predicted octanol–water partition coefficient (Wildman–Crippen LogP) is 2.51. The summed E-state index contributed by atoms with van der Waals surface area (Å²) in [5.74, 6) is 0.422. The Balaban J connectivity index is 2.04. The van der Waals surface area contributed by atoms with Crippen LogP contribution in [0.1, 0.15) is 23.4 Å². The van der Waals surface area contributed by atoms with E-state index in [0.29, 0.717) is 5.75 Å². The van der Waals surface area contributed by atoms with Crippen LogP contribution in [-0.4, -0.2) is 21.7 Å². The van der Waals surface area contributed by atoms with Gasteiger partial charge in [0.2, 0.25) is 0 Å². The molecule has 0 bridgehead atoms. The maximum absolute atomic E-state index is 12.5. The van der Waals surface area contributed by atoms with Gasteiger partial charge < -0.3 is 9.84 Å². The highest BCUT2D eigenvalue weighted by molar-refractivity contribution is 5.41. The first-order chi connectivity index (χ1) is 9.91. The SMILES string of the molecule is O[C@]1(c2ccc(C(F)(F)F)nc2)CCOc2cccnc21. The summed E-state index contributed by atoms with van der Waals surface area (Å²) in [6.45, 7) is 0.246. The molecule has 0 amide bonds. The van der Waals surface area contributed by atoms with Crippen molar-refractivity contribution in [3.8, 4) is 5.75 Å². The standard InChI is InChI=1S/C14H11F3N2O2/c15-14(16,17)11-4-3-9(8-19-11)13(20)5-7-21-10-2-1-6-18-12(10)13/h1-4,6,8,20H,5,7H2/t13-/m0/s1. The van der Waals surface area contributed by atoms with Gasteiger partial charge in [-0.25, -0.2) is 0 Å². The predicted molar refractivity (Wildman–Crippen MR) is 66.6 cm³/mol. The number of aromatic nitrogens is 2. The average molecular weight is 296 g/mol. The second-order valence-corrected chi connectivity index (χ2v) is 4.74. The van der Waals surface area contributed by atoms with Crippen molar-refractivity contribution in [3.05, 3.63) is 53.6 Å². The lowest BCUT2D eigenvalue weighted by atomic mass is 9.86. The molecular formula is C14H11F3N2O2. The molecule has 110 valence electrons. The Labute approximate surface area is 118 Å². The molecule has 2 aromatic rings. The number of ether oxygens (including phenoxy) is 1. The van der Waals surface area contributed by atoms with E-state index in [2.05, 4.69) is 9.97 Å². The monoisotopic (exact) mass is 296 g/mol. The maximum atomic E-state index is 12.5. The van der Waals surface area contributed by atoms with Crippen molar-refractivity contribution in [2.45, 2.75) is 18.2 Å². The Morgan fingerprint density at radius 1 is 1.19 bits per heavy atom. The normalized spacial score (nSPS) is 21.5. The van der Waals surface area contributed by atoms with E-state index in [1.807, 2.05) is 0 Å². The lowest BCUT2D eigenvalue weighted by Gasteiger charge is -2.33. The van der Waals surface area contributed by atoms with Gasteiger partial charge in [-0.15, -0.1) is 0 Å². The van der Waals surface area contributed by atoms with Crippen LogP contribution in [0.4, 0.5) is 13.2 Å². The molecule has 1 aliphatic heterocycles. The Morgan fingerprint density at radius 2 is 2.00 bits per heavy atom. The molecule has 3 rings (SSSR count). The van der Waals surface area contributed by atoms with Crippen LogP contribution >= 0.6 is 0 Å². The molecule has 7 heteroatoms. The van der Waals surface area contributed by atoms with Gasteiger partial charge in [0.1, 0.15) is 22.7 Å². The van der Waals surface area contributed by atoms with Gasteiger partial charge in [-0.2, -0.15) is 13.2 Å². The van der Waals surface area contributed by atoms with Gasteiger partial charge in [-0.3, -0.25) is 9.97 Å². The van der Waals surface area contributed by atoms with Crippen LogP contribution in [0.2, 0.25) is 0 Å². The van der Waals surface area contributed by atoms with Crippen LogP contribution in [0.25, 0.3) is 0 Å². The van der Waals surface area contributed by atoms with Crippen LogP contribution in [0, 0.1) is 0 Å². The quantitative estimate of drug-likeness (QED) is 0.878. The highest BCUT2D eigenvalue weighted by Crippen LogP contribution is 2.40. The summed E-state index contributed by atoms with van der Waals surface area (Å²) in [6, 6.07) is 5.39. The molecule has 1 N–H and O–H groups in total. The molecule has 0 fully saturated rings. The minimum atomic E-state index is -4.51. The molecule has 0 aromatic carbocycles. The van der Waals surface area contributed by atoms with E-state index in [9.17, 15) is 18.3 Å². The minimum Gasteiger partial charge on any atom is -0.491 e. The van der Waals surface area contributed by atoms with Gasteiger partial charge in [0.05, 0.1) is 6.61 Å². The van der Waals surface area contributed by atoms with Crippen LogP contribution in [-0.2, 0) is 11.8 Å². The number of hydrogen-bond donors (Lipinski definition) is 1. The summed E-state index contributed by atoms with van der Waals surface area (Å²) in [6.07, 6.45) is -1.78. The molecule has 3 heterocycles. The van der Waals surface area contributed by atoms with Crippen molar-refractivity contribution in [2.75, 3.05) is 6.61 Å². The number of pyridine rings is 2. The summed E-state index contributed by atoms with van der Waals surface area (Å²) in [7, 11) is 0. The molecule has 21 heavy (non-hydrogen) atoms. The molecule has 4 nitrogen and oxygen atoms in total. The number of nitrogens with zero attached hydrogens (tertiary/aromatic N) is 2. The zero-order valence-corrected chi connectivity index (χ0v) is 10.8. The summed E-state index contributed by atoms with van der Waals surface area (Å²) < 4.78 is 43.0. The van der Waals surface area contributed by atoms with E-state index in [1.54, 1.807) is 12.1 Å². The molecule has 0 saturated heterocycles. The Bertz CT molecular complexity index is 658. The van der Waals surface area contributed by atoms with E-state index in [-0.39, 0.29) is 24.3 Å². The second kappa shape index (κ2) is 4.70. The van der Waals surface area contributed by atoms with Crippen LogP contribution in [0.3, 0.4) is 0 Å². The van der Waals surface area contributed by atoms with E-state index in [4.69, 9.17) is 4.74 Å². The second-order valence-electron chi connectivity index (χ2n) is 4.74. The van der Waals surface area contributed by atoms with Crippen molar-refractivity contribution in [3.63, 3.8) is 0 Å². The van der Waals surface area contributed by atoms with Crippen molar-refractivity contribution in [1.82, 2.24) is 9.97 Å². The van der Waals surface area contributed by atoms with Gasteiger partial charge in [0.15, 0.2) is 0 Å². The number of hydrogen-bond acceptors (Lipinski definition) is 4. The Morgan fingerprint density at radius 3 is 2.67 bits per heavy atom. The summed E-state index contributed by atoms with van der Waals surface area (Å²) in [5.41, 5.74) is -1.94. The lowest BCUT2D eigenvalue weighted by Crippen LogP contribution is -2.35. The number of fused-ring (bicyclic) bond motifs is 1. The molecule has 0 unspecified atom stereocenters. The topological polar surface area (TPSA) is 55.2 Å². The van der Waals surface area contributed by atoms with E-state index < -0.39 is 17.5 Å². The molecule has 2 aromatic heterocycles. The first-order valence-electron chi connectivity index (χ1n) is 6.26. The third-order valence-electron chi connectivity index (χ3n) is 3.42. The first kappa shape index (κ1) is 13.8. The fraction of sp³-hybridized carbons (Fsp3) is 0.286. The average Bonchev–Trinajstić information content (AvgIpc) is 2.47. The van der Waals surface area contributed by atoms with Crippen LogP contribution in [0.5, 0.6) is 5.75 Å². The molecule has 0 radical (unpaired) electrons. The lowest BCUT2D eigenvalue weighted by molar-refractivity contribution is -0.141. The zero-order valence-electron chi connectivity index (χ0n) is 10.8. The number of rotatable bonds is 1. The van der Waals surface area contributed by atoms with E-state index in [1.165, 1.54) is 12.3 Å². The van der Waals surface area contributed by atoms with E-state index in [0.717, 1.165) is 12.3 Å². The van der Waals surface area contributed by atoms with Crippen molar-refractivity contribution in [2.24, 2.45) is 0 Å². The third kappa shape index (κ3) is 2.33. The smallest absolute Gasteiger partial charge is 0.433 e. The van der Waals surface area contributed by atoms with Gasteiger partial charge >= 0.3 is 6.18 Å². The van der Waals surface area contributed by atoms with Gasteiger partial charge in [0.25, 0.3) is 0 Å². The van der Waals surface area contributed by atoms with Crippen LogP contribution < -0.4 is 4.74 Å². The Kier molecular flexibility index (Phi) is 3.09. The number of alkyl halides is 3. The molecule has 1 atom stereocenters. The van der Waals surface area contributed by atoms with Gasteiger partial charge in [-0.1, -0.05) is 6.07 Å². The molecule has 0 saturated carbocycles. The molecule has 1 aliphatic rings. The van der Waals surface area contributed by atoms with Crippen molar-refractivity contribution < 1.29 is 23.0 Å². The van der Waals surface area contributed by atoms with Crippen molar-refractivity contribution in [1.29, 1.82) is 0 Å². The summed E-state index contributed by atoms with van der Waals surface area (Å²) >= 11 is 0. The Hall–Kier alpha value is -2.15. The molecule has 0 spiro atoms. The highest BCUT2D eigenvalue weighted by Gasteiger charge is 2.40. The van der Waals surface area contributed by atoms with E-state index >= 15 is 0 Å². The fourth-order valence-corrected chi connectivity index (χ4v) is 2.33. The highest BCUT2D eigenvalue weighted by atomic mass is 19.4. The largest absolute Gasteiger partial charge is 0.491 e. The van der Waals surface area contributed by atoms with Gasteiger partial charge in [0, 0.05) is 24.4 Å². The third-order valence-corrected chi connectivity index (χ3v) is 3.42.